The third-order valence-electron chi connectivity index (χ3n) is 4.84. The van der Waals surface area contributed by atoms with Crippen molar-refractivity contribution < 1.29 is 0 Å². The van der Waals surface area contributed by atoms with Crippen LogP contribution in [-0.4, -0.2) is 18.8 Å². The summed E-state index contributed by atoms with van der Waals surface area (Å²) in [6.45, 7) is 10.1. The highest BCUT2D eigenvalue weighted by Crippen LogP contribution is 2.35. The van der Waals surface area contributed by atoms with Crippen molar-refractivity contribution in [1.82, 2.24) is 0 Å². The summed E-state index contributed by atoms with van der Waals surface area (Å²) in [5.74, 6) is 0. The summed E-state index contributed by atoms with van der Waals surface area (Å²) in [4.78, 5) is 4.57. The Labute approximate surface area is 185 Å². The molecule has 1 N–H and O–H groups in total. The Morgan fingerprint density at radius 1 is 1.03 bits per heavy atom. The molecule has 2 nitrogen and oxygen atoms in total. The molecule has 0 bridgehead atoms. The molecule has 1 aliphatic carbocycles. The molecule has 0 fully saturated rings. The van der Waals surface area contributed by atoms with Gasteiger partial charge < -0.3 is 5.32 Å². The molecule has 0 saturated carbocycles. The second kappa shape index (κ2) is 10.5. The van der Waals surface area contributed by atoms with Gasteiger partial charge in [0.1, 0.15) is 0 Å². The van der Waals surface area contributed by atoms with Gasteiger partial charge in [-0.25, -0.2) is 0 Å². The van der Waals surface area contributed by atoms with Crippen LogP contribution in [0, 0.1) is 6.92 Å². The third-order valence-corrected chi connectivity index (χ3v) is 5.17. The fraction of sp³-hybridized carbons (Fsp3) is 0.240. The zero-order chi connectivity index (χ0) is 20.1. The van der Waals surface area contributed by atoms with E-state index in [1.54, 1.807) is 0 Å². The summed E-state index contributed by atoms with van der Waals surface area (Å²) in [6.07, 6.45) is 6.46. The molecule has 0 radical (unpaired) electrons. The number of nitrogens with one attached hydrogen (secondary N) is 1. The number of halogens is 2. The normalized spacial score (nSPS) is 16.3. The number of aryl methyl sites for hydroxylation is 1. The van der Waals surface area contributed by atoms with E-state index >= 15 is 0 Å². The highest BCUT2D eigenvalue weighted by atomic mass is 35.5. The highest BCUT2D eigenvalue weighted by molar-refractivity contribution is 6.32. The summed E-state index contributed by atoms with van der Waals surface area (Å²) in [7, 11) is 0. The van der Waals surface area contributed by atoms with Crippen molar-refractivity contribution in [3.63, 3.8) is 0 Å². The highest BCUT2D eigenvalue weighted by Gasteiger charge is 2.16. The maximum atomic E-state index is 6.61. The molecule has 4 heteroatoms. The van der Waals surface area contributed by atoms with Crippen LogP contribution in [0.5, 0.6) is 0 Å². The Hall–Kier alpha value is -2.29. The molecule has 152 valence electrons. The molecule has 1 aliphatic rings. The molecule has 0 saturated heterocycles. The number of hydrogen-bond donors (Lipinski definition) is 1. The number of nitrogens with zero attached hydrogens (tertiary/aromatic N) is 1. The van der Waals surface area contributed by atoms with E-state index in [-0.39, 0.29) is 12.4 Å². The van der Waals surface area contributed by atoms with Gasteiger partial charge in [-0.05, 0) is 85.9 Å². The summed E-state index contributed by atoms with van der Waals surface area (Å²) >= 11 is 6.61. The van der Waals surface area contributed by atoms with E-state index < -0.39 is 0 Å². The quantitative estimate of drug-likeness (QED) is 0.533. The Bertz CT molecular complexity index is 998. The lowest BCUT2D eigenvalue weighted by Gasteiger charge is -2.18. The first-order valence-electron chi connectivity index (χ1n) is 9.80. The summed E-state index contributed by atoms with van der Waals surface area (Å²) in [5.41, 5.74) is 9.09. The molecule has 0 aliphatic heterocycles. The minimum absolute atomic E-state index is 0. The van der Waals surface area contributed by atoms with Gasteiger partial charge >= 0.3 is 0 Å². The molecule has 2 aromatic carbocycles. The maximum absolute atomic E-state index is 6.61. The van der Waals surface area contributed by atoms with Crippen molar-refractivity contribution in [3.05, 3.63) is 93.6 Å². The maximum Gasteiger partial charge on any atom is 0.0603 e. The molecule has 29 heavy (non-hydrogen) atoms. The number of hydrogen-bond acceptors (Lipinski definition) is 2. The van der Waals surface area contributed by atoms with Crippen LogP contribution in [0.4, 0.5) is 5.69 Å². The van der Waals surface area contributed by atoms with Gasteiger partial charge in [0.25, 0.3) is 0 Å². The summed E-state index contributed by atoms with van der Waals surface area (Å²) in [6, 6.07) is 14.6. The smallest absolute Gasteiger partial charge is 0.0603 e. The lowest BCUT2D eigenvalue weighted by Crippen LogP contribution is -2.04. The molecule has 0 heterocycles. The fourth-order valence-electron chi connectivity index (χ4n) is 3.51. The van der Waals surface area contributed by atoms with Crippen LogP contribution in [0.1, 0.15) is 37.5 Å². The van der Waals surface area contributed by atoms with E-state index in [2.05, 4.69) is 80.5 Å². The molecule has 2 aromatic rings. The summed E-state index contributed by atoms with van der Waals surface area (Å²) in [5, 5.41) is 4.17. The average molecular weight is 427 g/mol. The largest absolute Gasteiger partial charge is 0.385 e. The first-order valence-corrected chi connectivity index (χ1v) is 10.2. The zero-order valence-corrected chi connectivity index (χ0v) is 19.0. The molecule has 3 rings (SSSR count). The molecule has 0 aromatic heterocycles. The first kappa shape index (κ1) is 23.0. The number of anilines is 1. The van der Waals surface area contributed by atoms with Gasteiger partial charge in [0, 0.05) is 29.4 Å². The molecule has 0 unspecified atom stereocenters. The molecule has 0 amide bonds. The van der Waals surface area contributed by atoms with Crippen LogP contribution in [-0.2, 0) is 0 Å². The van der Waals surface area contributed by atoms with Crippen molar-refractivity contribution in [2.75, 3.05) is 18.4 Å². The van der Waals surface area contributed by atoms with E-state index in [4.69, 9.17) is 11.6 Å². The van der Waals surface area contributed by atoms with Crippen LogP contribution in [0.15, 0.2) is 76.8 Å². The Kier molecular flexibility index (Phi) is 8.31. The summed E-state index contributed by atoms with van der Waals surface area (Å²) < 4.78 is 0. The van der Waals surface area contributed by atoms with Gasteiger partial charge in [0.2, 0.25) is 0 Å². The predicted molar refractivity (Wildman–Crippen MR) is 131 cm³/mol. The number of allylic oxidation sites excluding steroid dienone is 5. The molecular formula is C25H28Cl2N2. The van der Waals surface area contributed by atoms with Crippen LogP contribution >= 0.6 is 24.0 Å². The van der Waals surface area contributed by atoms with Gasteiger partial charge in [-0.3, -0.25) is 4.99 Å². The Morgan fingerprint density at radius 3 is 2.41 bits per heavy atom. The SMILES string of the molecule is CCN=C1C=C/C(=C(/c2ccc(NCC)c(C)c2)c2ccccc2Cl)C=C1C.Cl. The molecular weight excluding hydrogens is 399 g/mol. The van der Waals surface area contributed by atoms with Crippen molar-refractivity contribution in [3.8, 4) is 0 Å². The minimum Gasteiger partial charge on any atom is -0.385 e. The van der Waals surface area contributed by atoms with E-state index in [9.17, 15) is 0 Å². The number of rotatable bonds is 5. The van der Waals surface area contributed by atoms with Crippen LogP contribution in [0.2, 0.25) is 5.02 Å². The second-order valence-corrected chi connectivity index (χ2v) is 7.30. The van der Waals surface area contributed by atoms with Gasteiger partial charge in [0.05, 0.1) is 5.71 Å². The van der Waals surface area contributed by atoms with E-state index in [0.29, 0.717) is 0 Å². The van der Waals surface area contributed by atoms with Crippen molar-refractivity contribution in [1.29, 1.82) is 0 Å². The molecule has 0 spiro atoms. The Morgan fingerprint density at radius 2 is 1.79 bits per heavy atom. The van der Waals surface area contributed by atoms with Gasteiger partial charge in [-0.2, -0.15) is 0 Å². The van der Waals surface area contributed by atoms with Crippen molar-refractivity contribution in [2.45, 2.75) is 27.7 Å². The van der Waals surface area contributed by atoms with E-state index in [1.807, 2.05) is 18.2 Å². The van der Waals surface area contributed by atoms with Crippen LogP contribution in [0.3, 0.4) is 0 Å². The lowest BCUT2D eigenvalue weighted by atomic mass is 9.88. The van der Waals surface area contributed by atoms with Gasteiger partial charge in [-0.1, -0.05) is 41.9 Å². The standard InChI is InChI=1S/C25H27ClN2.ClH/c1-5-27-23-13-11-19(15-17(23)3)25(21-9-7-8-10-22(21)26)20-12-14-24(28-6-2)18(4)16-20;/h7-16,27H,5-6H2,1-4H3;1H/b25-20+,28-24?;. The number of benzene rings is 2. The third kappa shape index (κ3) is 5.20. The average Bonchev–Trinajstić information content (AvgIpc) is 2.68. The second-order valence-electron chi connectivity index (χ2n) is 6.89. The minimum atomic E-state index is 0. The van der Waals surface area contributed by atoms with Gasteiger partial charge in [-0.15, -0.1) is 12.4 Å². The van der Waals surface area contributed by atoms with E-state index in [1.165, 1.54) is 11.1 Å². The Balaban J connectivity index is 0.00000300. The zero-order valence-electron chi connectivity index (χ0n) is 17.4. The van der Waals surface area contributed by atoms with Gasteiger partial charge in [0.15, 0.2) is 0 Å². The van der Waals surface area contributed by atoms with Crippen molar-refractivity contribution >= 4 is 41.0 Å². The van der Waals surface area contributed by atoms with E-state index in [0.717, 1.165) is 51.8 Å². The fourth-order valence-corrected chi connectivity index (χ4v) is 3.74. The predicted octanol–water partition coefficient (Wildman–Crippen LogP) is 7.28. The first-order chi connectivity index (χ1) is 13.5. The lowest BCUT2D eigenvalue weighted by molar-refractivity contribution is 1.13. The molecule has 0 atom stereocenters. The number of aliphatic imine (C=N–C) groups is 1. The topological polar surface area (TPSA) is 24.4 Å². The van der Waals surface area contributed by atoms with Crippen LogP contribution < -0.4 is 5.32 Å². The monoisotopic (exact) mass is 426 g/mol. The van der Waals surface area contributed by atoms with Crippen LogP contribution in [0.25, 0.3) is 5.57 Å². The van der Waals surface area contributed by atoms with Crippen molar-refractivity contribution in [2.24, 2.45) is 4.99 Å².